The number of aromatic nitrogens is 2. The summed E-state index contributed by atoms with van der Waals surface area (Å²) < 4.78 is 0.857. The Morgan fingerprint density at radius 3 is 3.25 bits per heavy atom. The Kier molecular flexibility index (Phi) is 3.60. The van der Waals surface area contributed by atoms with Crippen LogP contribution in [0.3, 0.4) is 0 Å². The van der Waals surface area contributed by atoms with E-state index in [1.54, 1.807) is 13.2 Å². The molecule has 1 aliphatic heterocycles. The highest BCUT2D eigenvalue weighted by atomic mass is 79.9. The quantitative estimate of drug-likeness (QED) is 0.873. The van der Waals surface area contributed by atoms with Crippen molar-refractivity contribution >= 4 is 21.8 Å². The van der Waals surface area contributed by atoms with E-state index in [0.717, 1.165) is 29.8 Å². The molecule has 2 N–H and O–H groups in total. The Hall–Kier alpha value is -0.880. The number of carbonyl (C=O) groups excluding carboxylic acids is 1. The lowest BCUT2D eigenvalue weighted by atomic mass is 10.2. The summed E-state index contributed by atoms with van der Waals surface area (Å²) in [4.78, 5) is 21.1. The fourth-order valence-electron chi connectivity index (χ4n) is 2.08. The molecule has 1 fully saturated rings. The molecule has 1 aromatic heterocycles. The molecule has 88 valence electrons. The van der Waals surface area contributed by atoms with Gasteiger partial charge in [0.25, 0.3) is 0 Å². The third-order valence-corrected chi connectivity index (χ3v) is 3.18. The third kappa shape index (κ3) is 2.27. The maximum atomic E-state index is 11.8. The van der Waals surface area contributed by atoms with E-state index in [2.05, 4.69) is 31.2 Å². The van der Waals surface area contributed by atoms with Gasteiger partial charge in [-0.1, -0.05) is 0 Å². The van der Waals surface area contributed by atoms with Gasteiger partial charge >= 0.3 is 0 Å². The highest BCUT2D eigenvalue weighted by Gasteiger charge is 2.31. The summed E-state index contributed by atoms with van der Waals surface area (Å²) in [5.74, 6) is 1.01. The van der Waals surface area contributed by atoms with Gasteiger partial charge in [0.2, 0.25) is 5.91 Å². The molecule has 0 spiro atoms. The number of nitrogens with zero attached hydrogens (tertiary/aromatic N) is 2. The van der Waals surface area contributed by atoms with E-state index in [9.17, 15) is 4.79 Å². The second-order valence-corrected chi connectivity index (χ2v) is 4.75. The smallest absolute Gasteiger partial charge is 0.237 e. The zero-order valence-corrected chi connectivity index (χ0v) is 10.7. The maximum Gasteiger partial charge on any atom is 0.237 e. The lowest BCUT2D eigenvalue weighted by Crippen LogP contribution is -2.37. The number of amides is 1. The van der Waals surface area contributed by atoms with E-state index in [0.29, 0.717) is 6.54 Å². The molecule has 0 unspecified atom stereocenters. The van der Waals surface area contributed by atoms with E-state index in [1.807, 2.05) is 4.90 Å². The first-order valence-electron chi connectivity index (χ1n) is 5.37. The maximum absolute atomic E-state index is 11.8. The second-order valence-electron chi connectivity index (χ2n) is 3.89. The van der Waals surface area contributed by atoms with Crippen LogP contribution in [0.25, 0.3) is 0 Å². The second kappa shape index (κ2) is 4.97. The van der Waals surface area contributed by atoms with Crippen molar-refractivity contribution in [2.75, 3.05) is 20.1 Å². The zero-order chi connectivity index (χ0) is 11.5. The Bertz CT molecular complexity index is 379. The Labute approximate surface area is 103 Å². The van der Waals surface area contributed by atoms with Crippen LogP contribution in [0.5, 0.6) is 0 Å². The largest absolute Gasteiger partial charge is 0.335 e. The van der Waals surface area contributed by atoms with Crippen LogP contribution in [0.1, 0.15) is 24.7 Å². The molecule has 6 heteroatoms. The van der Waals surface area contributed by atoms with Crippen molar-refractivity contribution in [3.05, 3.63) is 16.6 Å². The number of hydrogen-bond donors (Lipinski definition) is 2. The number of rotatable bonds is 3. The molecule has 0 radical (unpaired) electrons. The van der Waals surface area contributed by atoms with Gasteiger partial charge in [-0.25, -0.2) is 4.98 Å². The molecule has 1 aromatic rings. The lowest BCUT2D eigenvalue weighted by Gasteiger charge is -2.23. The first kappa shape index (κ1) is 11.6. The summed E-state index contributed by atoms with van der Waals surface area (Å²) in [6, 6.07) is 0.104. The summed E-state index contributed by atoms with van der Waals surface area (Å²) in [5.41, 5.74) is 0. The van der Waals surface area contributed by atoms with Gasteiger partial charge < -0.3 is 15.2 Å². The van der Waals surface area contributed by atoms with Crippen molar-refractivity contribution in [2.24, 2.45) is 0 Å². The van der Waals surface area contributed by atoms with Gasteiger partial charge in [0.15, 0.2) is 0 Å². The van der Waals surface area contributed by atoms with E-state index in [1.165, 1.54) is 0 Å². The van der Waals surface area contributed by atoms with Crippen LogP contribution in [0.4, 0.5) is 0 Å². The highest BCUT2D eigenvalue weighted by Crippen LogP contribution is 2.30. The fraction of sp³-hybridized carbons (Fsp3) is 0.600. The summed E-state index contributed by atoms with van der Waals surface area (Å²) in [6.07, 6.45) is 3.75. The van der Waals surface area contributed by atoms with E-state index in [4.69, 9.17) is 0 Å². The number of imidazole rings is 1. The molecule has 1 saturated heterocycles. The number of likely N-dealkylation sites (tertiary alicyclic amines) is 1. The average Bonchev–Trinajstić information content (AvgIpc) is 2.85. The third-order valence-electron chi connectivity index (χ3n) is 2.78. The first-order chi connectivity index (χ1) is 7.72. The van der Waals surface area contributed by atoms with E-state index < -0.39 is 0 Å². The van der Waals surface area contributed by atoms with Crippen molar-refractivity contribution in [1.29, 1.82) is 0 Å². The molecular formula is C10H15BrN4O. The van der Waals surface area contributed by atoms with Crippen LogP contribution in [0.15, 0.2) is 10.8 Å². The van der Waals surface area contributed by atoms with Gasteiger partial charge in [0, 0.05) is 6.54 Å². The molecule has 2 heterocycles. The number of nitrogens with one attached hydrogen (secondary N) is 2. The summed E-state index contributed by atoms with van der Waals surface area (Å²) in [5, 5.41) is 2.89. The summed E-state index contributed by atoms with van der Waals surface area (Å²) in [7, 11) is 1.78. The molecule has 2 rings (SSSR count). The first-order valence-corrected chi connectivity index (χ1v) is 6.16. The van der Waals surface area contributed by atoms with Gasteiger partial charge in [0.1, 0.15) is 10.4 Å². The van der Waals surface area contributed by atoms with Gasteiger partial charge in [-0.2, -0.15) is 0 Å². The van der Waals surface area contributed by atoms with Gasteiger partial charge in [0.05, 0.1) is 18.8 Å². The zero-order valence-electron chi connectivity index (χ0n) is 9.16. The molecule has 5 nitrogen and oxygen atoms in total. The minimum atomic E-state index is 0.104. The van der Waals surface area contributed by atoms with Crippen molar-refractivity contribution in [2.45, 2.75) is 18.9 Å². The SMILES string of the molecule is CNCC(=O)N1CCC[C@H]1c1ncc(Br)[nH]1. The summed E-state index contributed by atoms with van der Waals surface area (Å²) in [6.45, 7) is 1.21. The van der Waals surface area contributed by atoms with Crippen LogP contribution < -0.4 is 5.32 Å². The predicted octanol–water partition coefficient (Wildman–Crippen LogP) is 1.06. The molecule has 0 aliphatic carbocycles. The monoisotopic (exact) mass is 286 g/mol. The topological polar surface area (TPSA) is 61.0 Å². The lowest BCUT2D eigenvalue weighted by molar-refractivity contribution is -0.131. The Morgan fingerprint density at radius 2 is 2.62 bits per heavy atom. The minimum Gasteiger partial charge on any atom is -0.335 e. The van der Waals surface area contributed by atoms with Crippen molar-refractivity contribution in [3.63, 3.8) is 0 Å². The van der Waals surface area contributed by atoms with Crippen LogP contribution in [0, 0.1) is 0 Å². The molecule has 0 saturated carbocycles. The van der Waals surface area contributed by atoms with Gasteiger partial charge in [-0.15, -0.1) is 0 Å². The Morgan fingerprint density at radius 1 is 1.81 bits per heavy atom. The molecule has 1 aliphatic rings. The number of likely N-dealkylation sites (N-methyl/N-ethyl adjacent to an activating group) is 1. The molecule has 0 aromatic carbocycles. The van der Waals surface area contributed by atoms with Crippen LogP contribution in [0.2, 0.25) is 0 Å². The summed E-state index contributed by atoms with van der Waals surface area (Å²) >= 11 is 3.33. The molecule has 0 bridgehead atoms. The van der Waals surface area contributed by atoms with E-state index in [-0.39, 0.29) is 11.9 Å². The molecule has 16 heavy (non-hydrogen) atoms. The normalized spacial score (nSPS) is 20.4. The predicted molar refractivity (Wildman–Crippen MR) is 63.9 cm³/mol. The minimum absolute atomic E-state index is 0.104. The van der Waals surface area contributed by atoms with E-state index >= 15 is 0 Å². The van der Waals surface area contributed by atoms with Crippen LogP contribution >= 0.6 is 15.9 Å². The van der Waals surface area contributed by atoms with Crippen molar-refractivity contribution in [1.82, 2.24) is 20.2 Å². The van der Waals surface area contributed by atoms with Gasteiger partial charge in [-0.3, -0.25) is 4.79 Å². The number of halogens is 1. The molecule has 1 atom stereocenters. The number of hydrogen-bond acceptors (Lipinski definition) is 3. The van der Waals surface area contributed by atoms with Crippen molar-refractivity contribution < 1.29 is 4.79 Å². The highest BCUT2D eigenvalue weighted by molar-refractivity contribution is 9.10. The average molecular weight is 287 g/mol. The molecular weight excluding hydrogens is 272 g/mol. The standard InChI is InChI=1S/C10H15BrN4O/c1-12-6-9(16)15-4-2-3-7(15)10-13-5-8(11)14-10/h5,7,12H,2-4,6H2,1H3,(H,13,14)/t7-/m0/s1. The molecule has 1 amide bonds. The van der Waals surface area contributed by atoms with Crippen LogP contribution in [-0.2, 0) is 4.79 Å². The number of carbonyl (C=O) groups is 1. The number of H-pyrrole nitrogens is 1. The van der Waals surface area contributed by atoms with Crippen LogP contribution in [-0.4, -0.2) is 40.9 Å². The fourth-order valence-corrected chi connectivity index (χ4v) is 2.39. The number of aromatic amines is 1. The van der Waals surface area contributed by atoms with Crippen molar-refractivity contribution in [3.8, 4) is 0 Å². The van der Waals surface area contributed by atoms with Gasteiger partial charge in [-0.05, 0) is 35.8 Å². The Balaban J connectivity index is 2.11.